The molecule has 0 spiro atoms. The third kappa shape index (κ3) is 7.32. The largest absolute Gasteiger partial charge is 0.480 e. The lowest BCUT2D eigenvalue weighted by molar-refractivity contribution is -0.182. The maximum atomic E-state index is 13.7. The maximum absolute atomic E-state index is 13.7. The van der Waals surface area contributed by atoms with Gasteiger partial charge in [0.25, 0.3) is 0 Å². The fraction of sp³-hybridized carbons (Fsp3) is 0.576. The summed E-state index contributed by atoms with van der Waals surface area (Å²) in [6.45, 7) is 5.73. The zero-order valence-corrected chi connectivity index (χ0v) is 24.7. The van der Waals surface area contributed by atoms with Crippen LogP contribution in [0.1, 0.15) is 69.4 Å². The van der Waals surface area contributed by atoms with E-state index in [1.54, 1.807) is 0 Å². The van der Waals surface area contributed by atoms with Crippen LogP contribution in [0.25, 0.3) is 11.1 Å². The number of hydrogen-bond acceptors (Lipinski definition) is 7. The molecule has 5 rings (SSSR count). The molecule has 0 saturated carbocycles. The highest BCUT2D eigenvalue weighted by molar-refractivity contribution is 5.81. The molecular weight excluding hydrogens is 538 g/mol. The normalized spacial score (nSPS) is 21.3. The third-order valence-corrected chi connectivity index (χ3v) is 8.20. The fourth-order valence-corrected chi connectivity index (χ4v) is 5.98. The highest BCUT2D eigenvalue weighted by Gasteiger charge is 2.39. The van der Waals surface area contributed by atoms with Crippen molar-refractivity contribution in [2.45, 2.75) is 76.9 Å². The number of aliphatic carboxylic acids is 1. The van der Waals surface area contributed by atoms with Crippen LogP contribution in [0.3, 0.4) is 0 Å². The van der Waals surface area contributed by atoms with Crippen LogP contribution >= 0.6 is 0 Å². The lowest BCUT2D eigenvalue weighted by atomic mass is 9.96. The molecule has 1 amide bonds. The van der Waals surface area contributed by atoms with Gasteiger partial charge in [0, 0.05) is 24.5 Å². The Bertz CT molecular complexity index is 1160. The van der Waals surface area contributed by atoms with E-state index in [1.165, 1.54) is 4.90 Å². The number of carbonyl (C=O) groups is 2. The van der Waals surface area contributed by atoms with Gasteiger partial charge in [-0.3, -0.25) is 4.90 Å². The van der Waals surface area contributed by atoms with E-state index in [0.29, 0.717) is 26.2 Å². The van der Waals surface area contributed by atoms with Crippen LogP contribution in [-0.2, 0) is 28.5 Å². The molecule has 3 unspecified atom stereocenters. The molecule has 3 atom stereocenters. The van der Waals surface area contributed by atoms with E-state index < -0.39 is 24.3 Å². The molecule has 3 aliphatic rings. The molecular formula is C33H43NO8. The van der Waals surface area contributed by atoms with Gasteiger partial charge < -0.3 is 28.8 Å². The van der Waals surface area contributed by atoms with Crippen LogP contribution in [0.5, 0.6) is 0 Å². The molecule has 2 aromatic rings. The van der Waals surface area contributed by atoms with Crippen molar-refractivity contribution in [1.29, 1.82) is 0 Å². The van der Waals surface area contributed by atoms with Gasteiger partial charge in [0.15, 0.2) is 12.3 Å². The SMILES string of the molecule is CC(C)(COCC(C(=O)O)N(C(=O)OCC1c2ccccc2-c2ccccc21)C1CCCCO1)COC1CCCCO1. The van der Waals surface area contributed by atoms with Gasteiger partial charge in [0.1, 0.15) is 12.8 Å². The first-order valence-electron chi connectivity index (χ1n) is 15.1. The monoisotopic (exact) mass is 581 g/mol. The number of ether oxygens (including phenoxy) is 5. The minimum absolute atomic E-state index is 0.0941. The van der Waals surface area contributed by atoms with Gasteiger partial charge in [0.05, 0.1) is 19.8 Å². The number of carboxylic acids is 1. The summed E-state index contributed by atoms with van der Waals surface area (Å²) < 4.78 is 29.3. The first kappa shape index (κ1) is 30.5. The molecule has 1 N–H and O–H groups in total. The maximum Gasteiger partial charge on any atom is 0.412 e. The average molecular weight is 582 g/mol. The number of carboxylic acid groups (broad SMARTS) is 1. The van der Waals surface area contributed by atoms with Gasteiger partial charge in [-0.1, -0.05) is 62.4 Å². The molecule has 9 nitrogen and oxygen atoms in total. The molecule has 0 bridgehead atoms. The van der Waals surface area contributed by atoms with Gasteiger partial charge in [-0.2, -0.15) is 0 Å². The third-order valence-electron chi connectivity index (χ3n) is 8.20. The molecule has 0 radical (unpaired) electrons. The predicted molar refractivity (Wildman–Crippen MR) is 156 cm³/mol. The van der Waals surface area contributed by atoms with Gasteiger partial charge in [-0.05, 0) is 60.8 Å². The summed E-state index contributed by atoms with van der Waals surface area (Å²) in [6, 6.07) is 15.0. The Labute approximate surface area is 248 Å². The smallest absolute Gasteiger partial charge is 0.412 e. The minimum Gasteiger partial charge on any atom is -0.480 e. The first-order chi connectivity index (χ1) is 20.3. The van der Waals surface area contributed by atoms with Crippen LogP contribution in [0, 0.1) is 5.41 Å². The van der Waals surface area contributed by atoms with Crippen LogP contribution in [0.15, 0.2) is 48.5 Å². The second-order valence-electron chi connectivity index (χ2n) is 12.2. The minimum atomic E-state index is -1.26. The van der Waals surface area contributed by atoms with Gasteiger partial charge >= 0.3 is 12.1 Å². The Balaban J connectivity index is 1.24. The van der Waals surface area contributed by atoms with Gasteiger partial charge in [-0.15, -0.1) is 0 Å². The summed E-state index contributed by atoms with van der Waals surface area (Å²) in [5.41, 5.74) is 4.06. The van der Waals surface area contributed by atoms with Gasteiger partial charge in [-0.25, -0.2) is 9.59 Å². The van der Waals surface area contributed by atoms with Crippen molar-refractivity contribution in [3.8, 4) is 11.1 Å². The van der Waals surface area contributed by atoms with Crippen molar-refractivity contribution >= 4 is 12.1 Å². The molecule has 2 aliphatic heterocycles. The van der Waals surface area contributed by atoms with E-state index in [1.807, 2.05) is 38.1 Å². The number of hydrogen-bond donors (Lipinski definition) is 1. The summed E-state index contributed by atoms with van der Waals surface area (Å²) >= 11 is 0. The van der Waals surface area contributed by atoms with Crippen molar-refractivity contribution in [3.05, 3.63) is 59.7 Å². The quantitative estimate of drug-likeness (QED) is 0.335. The van der Waals surface area contributed by atoms with Crippen LogP contribution in [-0.4, -0.2) is 80.3 Å². The van der Waals surface area contributed by atoms with Crippen molar-refractivity contribution in [2.75, 3.05) is 39.6 Å². The molecule has 2 heterocycles. The van der Waals surface area contributed by atoms with E-state index in [-0.39, 0.29) is 37.4 Å². The number of rotatable bonds is 12. The Morgan fingerprint density at radius 3 is 2.17 bits per heavy atom. The molecule has 42 heavy (non-hydrogen) atoms. The van der Waals surface area contributed by atoms with E-state index in [2.05, 4.69) is 24.3 Å². The second-order valence-corrected chi connectivity index (χ2v) is 12.2. The topological polar surface area (TPSA) is 104 Å². The Kier molecular flexibility index (Phi) is 10.2. The highest BCUT2D eigenvalue weighted by Crippen LogP contribution is 2.44. The molecule has 228 valence electrons. The van der Waals surface area contributed by atoms with Crippen molar-refractivity contribution in [1.82, 2.24) is 4.90 Å². The highest BCUT2D eigenvalue weighted by atomic mass is 16.7. The molecule has 2 saturated heterocycles. The van der Waals surface area contributed by atoms with E-state index >= 15 is 0 Å². The average Bonchev–Trinajstić information content (AvgIpc) is 3.33. The lowest BCUT2D eigenvalue weighted by Crippen LogP contribution is -2.55. The van der Waals surface area contributed by atoms with E-state index in [0.717, 1.165) is 54.4 Å². The second kappa shape index (κ2) is 14.0. The lowest BCUT2D eigenvalue weighted by Gasteiger charge is -2.37. The zero-order chi connectivity index (χ0) is 29.5. The van der Waals surface area contributed by atoms with Gasteiger partial charge in [0.2, 0.25) is 0 Å². The summed E-state index contributed by atoms with van der Waals surface area (Å²) in [4.78, 5) is 27.4. The molecule has 1 aliphatic carbocycles. The van der Waals surface area contributed by atoms with Crippen LogP contribution in [0.4, 0.5) is 4.79 Å². The van der Waals surface area contributed by atoms with Crippen molar-refractivity contribution in [3.63, 3.8) is 0 Å². The standard InChI is InChI=1S/C33H43NO8/c1-33(2,22-42-30-16-8-10-18-40-30)21-38-20-28(31(35)36)34(29-15-7-9-17-39-29)32(37)41-19-27-25-13-5-3-11-23(25)24-12-4-6-14-26(24)27/h3-6,11-14,27-30H,7-10,15-22H2,1-2H3,(H,35,36). The summed E-state index contributed by atoms with van der Waals surface area (Å²) in [6.07, 6.45) is 3.61. The summed E-state index contributed by atoms with van der Waals surface area (Å²) in [5, 5.41) is 10.2. The van der Waals surface area contributed by atoms with E-state index in [9.17, 15) is 14.7 Å². The predicted octanol–water partition coefficient (Wildman–Crippen LogP) is 5.80. The number of nitrogens with zero attached hydrogens (tertiary/aromatic N) is 1. The summed E-state index contributed by atoms with van der Waals surface area (Å²) in [7, 11) is 0. The van der Waals surface area contributed by atoms with Crippen LogP contribution < -0.4 is 0 Å². The number of benzene rings is 2. The molecule has 2 aromatic carbocycles. The van der Waals surface area contributed by atoms with Crippen molar-refractivity contribution < 1.29 is 38.4 Å². The Morgan fingerprint density at radius 1 is 0.929 bits per heavy atom. The van der Waals surface area contributed by atoms with E-state index in [4.69, 9.17) is 23.7 Å². The van der Waals surface area contributed by atoms with Crippen molar-refractivity contribution in [2.24, 2.45) is 5.41 Å². The Morgan fingerprint density at radius 2 is 1.57 bits per heavy atom. The number of carbonyl (C=O) groups excluding carboxylic acids is 1. The first-order valence-corrected chi connectivity index (χ1v) is 15.1. The van der Waals surface area contributed by atoms with Crippen LogP contribution in [0.2, 0.25) is 0 Å². The Hall–Kier alpha value is -2.98. The zero-order valence-electron chi connectivity index (χ0n) is 24.7. The number of amides is 1. The summed E-state index contributed by atoms with van der Waals surface area (Å²) in [5.74, 6) is -1.30. The molecule has 2 fully saturated rings. The molecule has 0 aromatic heterocycles. The number of fused-ring (bicyclic) bond motifs is 3. The fourth-order valence-electron chi connectivity index (χ4n) is 5.98. The molecule has 9 heteroatoms.